The van der Waals surface area contributed by atoms with Crippen molar-refractivity contribution in [2.24, 2.45) is 16.6 Å². The van der Waals surface area contributed by atoms with Gasteiger partial charge in [0, 0.05) is 60.6 Å². The number of nitrogens with one attached hydrogen (secondary N) is 4. The lowest BCUT2D eigenvalue weighted by molar-refractivity contribution is -0.133. The number of H-pyrrole nitrogens is 1. The Morgan fingerprint density at radius 3 is 1.78 bits per heavy atom. The quantitative estimate of drug-likeness (QED) is 0.0950. The van der Waals surface area contributed by atoms with Gasteiger partial charge in [-0.25, -0.2) is 32.8 Å². The van der Waals surface area contributed by atoms with Crippen LogP contribution in [0.3, 0.4) is 0 Å². The standard InChI is InChI=1S/2C23H23ClFN5O2.C8H10N4O2/c24-18-13-15(25)3-4-19(18)29-11-1-7-23(22(29)32)8-5-16(6-9-23)28-21(31)17-14-27-30-12-2-10-26-20(17)30;24-17-13-15(25)4-5-18(17)29-12-2-8-23(22(29)32)9-6-16(7-10-23)28-21(31)19-14-26-20-3-1-11-27-30(19)20;9-7(13)5-6(11-3-10-5)8(14)12-4-1-2-4/h2-4,10,12-14,16H,1,5-9,11H2,(H,28,31);1,3-5,11,13-14,16H,2,6-10,12H2,(H,28,31);3-4H,1-2H2,(H2,9,13)(H,10,11)(H,12,14)/t2*16-,23-;. The Balaban J connectivity index is 0.000000142. The molecule has 0 bridgehead atoms. The van der Waals surface area contributed by atoms with Gasteiger partial charge in [0.05, 0.1) is 40.1 Å². The van der Waals surface area contributed by atoms with Crippen LogP contribution in [-0.4, -0.2) is 106 Å². The van der Waals surface area contributed by atoms with Gasteiger partial charge in [0.2, 0.25) is 11.8 Å². The molecule has 7 aromatic rings. The second-order valence-electron chi connectivity index (χ2n) is 20.5. The minimum atomic E-state index is -0.677. The predicted molar refractivity (Wildman–Crippen MR) is 284 cm³/mol. The number of nitrogens with zero attached hydrogens (tertiary/aromatic N) is 9. The molecule has 2 aliphatic heterocycles. The van der Waals surface area contributed by atoms with Gasteiger partial charge in [-0.3, -0.25) is 28.8 Å². The lowest BCUT2D eigenvalue weighted by atomic mass is 9.67. The number of fused-ring (bicyclic) bond motifs is 2. The van der Waals surface area contributed by atoms with Crippen molar-refractivity contribution in [2.75, 3.05) is 22.9 Å². The summed E-state index contributed by atoms with van der Waals surface area (Å²) < 4.78 is 30.0. The molecule has 6 amide bonds. The molecule has 2 aromatic carbocycles. The predicted octanol–water partition coefficient (Wildman–Crippen LogP) is 7.42. The molecule has 5 aromatic heterocycles. The van der Waals surface area contributed by atoms with Crippen LogP contribution in [0.5, 0.6) is 0 Å². The summed E-state index contributed by atoms with van der Waals surface area (Å²) in [5, 5.41) is 17.8. The van der Waals surface area contributed by atoms with Crippen LogP contribution >= 0.6 is 23.2 Å². The van der Waals surface area contributed by atoms with Crippen molar-refractivity contribution in [3.8, 4) is 0 Å². The van der Waals surface area contributed by atoms with Crippen LogP contribution in [0.1, 0.15) is 132 Å². The van der Waals surface area contributed by atoms with E-state index in [1.165, 1.54) is 47.5 Å². The Kier molecular flexibility index (Phi) is 15.5. The number of primary amides is 1. The number of anilines is 2. The number of carbonyl (C=O) groups is 6. The molecule has 5 fully saturated rings. The summed E-state index contributed by atoms with van der Waals surface area (Å²) in [6.45, 7) is 1.15. The summed E-state index contributed by atoms with van der Waals surface area (Å²) >= 11 is 12.5. The molecular weight excluding hydrogens is 1050 g/mol. The number of hydrogen-bond donors (Lipinski definition) is 5. The third kappa shape index (κ3) is 11.3. The number of hydrogen-bond acceptors (Lipinski definition) is 11. The maximum Gasteiger partial charge on any atom is 0.272 e. The zero-order valence-corrected chi connectivity index (χ0v) is 43.8. The summed E-state index contributed by atoms with van der Waals surface area (Å²) in [6.07, 6.45) is 20.3. The molecule has 20 nitrogen and oxygen atoms in total. The summed E-state index contributed by atoms with van der Waals surface area (Å²) in [5.74, 6) is -2.18. The molecule has 6 N–H and O–H groups in total. The Morgan fingerprint density at radius 2 is 1.22 bits per heavy atom. The van der Waals surface area contributed by atoms with E-state index in [2.05, 4.69) is 46.1 Å². The molecule has 5 aliphatic rings. The number of piperidine rings is 2. The van der Waals surface area contributed by atoms with Gasteiger partial charge in [-0.05, 0) is 144 Å². The average Bonchev–Trinajstić information content (AvgIpc) is 3.88. The van der Waals surface area contributed by atoms with Crippen LogP contribution in [0, 0.1) is 22.5 Å². The van der Waals surface area contributed by atoms with Crippen LogP contribution in [0.2, 0.25) is 10.0 Å². The lowest BCUT2D eigenvalue weighted by Gasteiger charge is -2.45. The molecule has 3 aliphatic carbocycles. The van der Waals surface area contributed by atoms with Crippen molar-refractivity contribution in [1.82, 2.24) is 55.1 Å². The number of aromatic amines is 1. The van der Waals surface area contributed by atoms with Gasteiger partial charge < -0.3 is 36.5 Å². The average molecular weight is 1110 g/mol. The number of carbonyl (C=O) groups excluding carboxylic acids is 6. The second-order valence-corrected chi connectivity index (χ2v) is 21.3. The largest absolute Gasteiger partial charge is 0.364 e. The highest BCUT2D eigenvalue weighted by atomic mass is 35.5. The number of rotatable bonds is 9. The number of benzene rings is 2. The highest BCUT2D eigenvalue weighted by Crippen LogP contribution is 2.48. The van der Waals surface area contributed by atoms with Crippen LogP contribution in [0.4, 0.5) is 20.2 Å². The van der Waals surface area contributed by atoms with Crippen molar-refractivity contribution in [3.63, 3.8) is 0 Å². The highest BCUT2D eigenvalue weighted by molar-refractivity contribution is 6.34. The second kappa shape index (κ2) is 22.6. The van der Waals surface area contributed by atoms with Gasteiger partial charge in [0.25, 0.3) is 23.6 Å². The van der Waals surface area contributed by atoms with E-state index in [9.17, 15) is 37.5 Å². The van der Waals surface area contributed by atoms with Gasteiger partial charge in [-0.1, -0.05) is 23.2 Å². The first kappa shape index (κ1) is 53.5. The minimum Gasteiger partial charge on any atom is -0.364 e. The molecule has 2 saturated heterocycles. The number of aromatic nitrogens is 8. The molecule has 2 spiro atoms. The van der Waals surface area contributed by atoms with E-state index in [0.717, 1.165) is 51.4 Å². The van der Waals surface area contributed by atoms with Crippen molar-refractivity contribution < 1.29 is 37.5 Å². The maximum absolute atomic E-state index is 13.5. The van der Waals surface area contributed by atoms with E-state index in [1.54, 1.807) is 63.2 Å². The first-order chi connectivity index (χ1) is 37.6. The van der Waals surface area contributed by atoms with E-state index in [4.69, 9.17) is 28.9 Å². The number of halogens is 4. The molecule has 406 valence electrons. The van der Waals surface area contributed by atoms with Crippen molar-refractivity contribution >= 4 is 81.3 Å². The fourth-order valence-electron chi connectivity index (χ4n) is 11.2. The molecule has 7 heterocycles. The zero-order chi connectivity index (χ0) is 54.7. The van der Waals surface area contributed by atoms with E-state index in [-0.39, 0.29) is 69.1 Å². The summed E-state index contributed by atoms with van der Waals surface area (Å²) in [6, 6.07) is 13.8. The van der Waals surface area contributed by atoms with Gasteiger partial charge in [0.15, 0.2) is 17.0 Å². The van der Waals surface area contributed by atoms with Crippen molar-refractivity contribution in [1.29, 1.82) is 0 Å². The molecule has 24 heteroatoms. The maximum atomic E-state index is 13.5. The highest BCUT2D eigenvalue weighted by Gasteiger charge is 2.48. The molecule has 12 rings (SSSR count). The molecule has 3 saturated carbocycles. The van der Waals surface area contributed by atoms with Gasteiger partial charge >= 0.3 is 0 Å². The van der Waals surface area contributed by atoms with Gasteiger partial charge in [-0.15, -0.1) is 0 Å². The number of nitrogens with two attached hydrogens (primary N) is 1. The molecule has 0 radical (unpaired) electrons. The summed E-state index contributed by atoms with van der Waals surface area (Å²) in [5.41, 5.74) is 7.37. The van der Waals surface area contributed by atoms with Crippen LogP contribution < -0.4 is 31.5 Å². The zero-order valence-electron chi connectivity index (χ0n) is 42.3. The minimum absolute atomic E-state index is 0.00984. The Hall–Kier alpha value is -7.85. The van der Waals surface area contributed by atoms with Crippen LogP contribution in [0.15, 0.2) is 91.9 Å². The molecule has 0 atom stereocenters. The number of imidazole rings is 2. The van der Waals surface area contributed by atoms with Gasteiger partial charge in [-0.2, -0.15) is 10.2 Å². The monoisotopic (exact) mass is 1100 g/mol. The topological polar surface area (TPSA) is 260 Å². The summed E-state index contributed by atoms with van der Waals surface area (Å²) in [4.78, 5) is 93.0. The lowest BCUT2D eigenvalue weighted by Crippen LogP contribution is -2.52. The Morgan fingerprint density at radius 1 is 0.654 bits per heavy atom. The Bertz CT molecular complexity index is 3230. The first-order valence-electron chi connectivity index (χ1n) is 26.0. The SMILES string of the molecule is NC(=O)c1[nH]cnc1C(=O)NC1CC1.O=C(N[C@H]1CC[C@@]2(CCCN(c3ccc(F)cc3Cl)C2=O)CC1)c1cnc2cccnn12.O=C(N[C@H]1CC[C@@]2(CCCN(c3ccc(F)cc3Cl)C2=O)CC1)c1cnn2cccnc12. The third-order valence-electron chi connectivity index (χ3n) is 15.5. The van der Waals surface area contributed by atoms with Crippen molar-refractivity contribution in [3.05, 3.63) is 136 Å². The van der Waals surface area contributed by atoms with E-state index >= 15 is 0 Å². The fourth-order valence-corrected chi connectivity index (χ4v) is 11.7. The van der Waals surface area contributed by atoms with E-state index < -0.39 is 28.4 Å². The van der Waals surface area contributed by atoms with Crippen LogP contribution in [-0.2, 0) is 9.59 Å². The molecule has 78 heavy (non-hydrogen) atoms. The Labute approximate surface area is 455 Å². The normalized spacial score (nSPS) is 22.1. The first-order valence-corrected chi connectivity index (χ1v) is 26.7. The summed E-state index contributed by atoms with van der Waals surface area (Å²) in [7, 11) is 0. The van der Waals surface area contributed by atoms with E-state index in [0.29, 0.717) is 85.5 Å². The van der Waals surface area contributed by atoms with Crippen molar-refractivity contribution in [2.45, 2.75) is 108 Å². The van der Waals surface area contributed by atoms with E-state index in [1.807, 2.05) is 0 Å². The smallest absolute Gasteiger partial charge is 0.272 e. The molecular formula is C54H56Cl2F2N14O6. The van der Waals surface area contributed by atoms with Crippen LogP contribution in [0.25, 0.3) is 11.3 Å². The number of amides is 6. The molecule has 0 unspecified atom stereocenters. The van der Waals surface area contributed by atoms with Gasteiger partial charge in [0.1, 0.15) is 28.6 Å². The fraction of sp³-hybridized carbons (Fsp3) is 0.389. The third-order valence-corrected chi connectivity index (χ3v) is 16.1.